The van der Waals surface area contributed by atoms with E-state index in [1.165, 1.54) is 16.7 Å². The maximum atomic E-state index is 12.4. The number of rotatable bonds is 7. The van der Waals surface area contributed by atoms with Crippen molar-refractivity contribution in [1.82, 2.24) is 14.3 Å². The Labute approximate surface area is 118 Å². The van der Waals surface area contributed by atoms with Crippen LogP contribution in [0, 0.1) is 0 Å². The fourth-order valence-corrected chi connectivity index (χ4v) is 3.82. The lowest BCUT2D eigenvalue weighted by atomic mass is 10.3. The Kier molecular flexibility index (Phi) is 5.98. The molecule has 0 bridgehead atoms. The van der Waals surface area contributed by atoms with E-state index in [-0.39, 0.29) is 16.9 Å². The molecule has 0 saturated carbocycles. The first-order chi connectivity index (χ1) is 8.97. The van der Waals surface area contributed by atoms with Crippen LogP contribution in [-0.2, 0) is 10.0 Å². The highest BCUT2D eigenvalue weighted by molar-refractivity contribution is 7.98. The topological polar surface area (TPSA) is 101 Å². The minimum atomic E-state index is -3.57. The minimum Gasteiger partial charge on any atom is -0.292 e. The molecule has 19 heavy (non-hydrogen) atoms. The van der Waals surface area contributed by atoms with Crippen LogP contribution in [0.2, 0.25) is 0 Å². The third-order valence-corrected chi connectivity index (χ3v) is 5.36. The van der Waals surface area contributed by atoms with Gasteiger partial charge in [0.05, 0.1) is 12.4 Å². The molecular formula is C10H19N5O2S2. The number of nitrogens with two attached hydrogens (primary N) is 1. The van der Waals surface area contributed by atoms with Crippen LogP contribution >= 0.6 is 11.8 Å². The van der Waals surface area contributed by atoms with E-state index in [0.717, 1.165) is 12.2 Å². The van der Waals surface area contributed by atoms with E-state index in [1.54, 1.807) is 18.8 Å². The van der Waals surface area contributed by atoms with Gasteiger partial charge in [-0.3, -0.25) is 5.43 Å². The second kappa shape index (κ2) is 7.04. The molecule has 0 aliphatic heterocycles. The Hall–Kier alpha value is -0.900. The summed E-state index contributed by atoms with van der Waals surface area (Å²) < 4.78 is 26.2. The van der Waals surface area contributed by atoms with Gasteiger partial charge in [-0.1, -0.05) is 6.92 Å². The smallest absolute Gasteiger partial charge is 0.246 e. The molecule has 9 heteroatoms. The van der Waals surface area contributed by atoms with E-state index in [4.69, 9.17) is 5.84 Å². The number of anilines is 1. The molecule has 0 fully saturated rings. The number of hydrogen-bond acceptors (Lipinski definition) is 7. The van der Waals surface area contributed by atoms with Gasteiger partial charge in [0.15, 0.2) is 0 Å². The molecule has 1 heterocycles. The van der Waals surface area contributed by atoms with Crippen LogP contribution in [0.25, 0.3) is 0 Å². The van der Waals surface area contributed by atoms with Gasteiger partial charge in [0.2, 0.25) is 16.0 Å². The Balaban J connectivity index is 3.00. The van der Waals surface area contributed by atoms with Crippen molar-refractivity contribution in [3.05, 3.63) is 12.4 Å². The first kappa shape index (κ1) is 16.2. The van der Waals surface area contributed by atoms with Gasteiger partial charge in [0, 0.05) is 18.8 Å². The summed E-state index contributed by atoms with van der Waals surface area (Å²) in [5, 5.41) is 0. The molecule has 0 radical (unpaired) electrons. The second-order valence-electron chi connectivity index (χ2n) is 3.93. The van der Waals surface area contributed by atoms with Crippen molar-refractivity contribution in [2.75, 3.05) is 24.5 Å². The highest BCUT2D eigenvalue weighted by Crippen LogP contribution is 2.18. The number of nitrogens with zero attached hydrogens (tertiary/aromatic N) is 3. The summed E-state index contributed by atoms with van der Waals surface area (Å²) in [6.07, 6.45) is 5.20. The molecule has 108 valence electrons. The van der Waals surface area contributed by atoms with Crippen molar-refractivity contribution < 1.29 is 8.42 Å². The molecule has 1 aromatic heterocycles. The number of hydrogen-bond donors (Lipinski definition) is 2. The summed E-state index contributed by atoms with van der Waals surface area (Å²) in [6.45, 7) is 1.96. The van der Waals surface area contributed by atoms with Crippen molar-refractivity contribution in [2.45, 2.75) is 24.3 Å². The summed E-state index contributed by atoms with van der Waals surface area (Å²) >= 11 is 1.62. The Morgan fingerprint density at radius 2 is 2.05 bits per heavy atom. The normalized spacial score (nSPS) is 13.5. The van der Waals surface area contributed by atoms with Gasteiger partial charge in [-0.15, -0.1) is 0 Å². The van der Waals surface area contributed by atoms with E-state index in [2.05, 4.69) is 15.4 Å². The molecule has 7 nitrogen and oxygen atoms in total. The van der Waals surface area contributed by atoms with Crippen molar-refractivity contribution in [2.24, 2.45) is 5.84 Å². The van der Waals surface area contributed by atoms with Crippen LogP contribution in [0.5, 0.6) is 0 Å². The van der Waals surface area contributed by atoms with Crippen molar-refractivity contribution in [3.8, 4) is 0 Å². The van der Waals surface area contributed by atoms with Crippen LogP contribution < -0.4 is 11.3 Å². The van der Waals surface area contributed by atoms with E-state index < -0.39 is 10.0 Å². The van der Waals surface area contributed by atoms with E-state index in [9.17, 15) is 8.42 Å². The lowest BCUT2D eigenvalue weighted by Gasteiger charge is -2.25. The monoisotopic (exact) mass is 305 g/mol. The third kappa shape index (κ3) is 3.78. The molecule has 0 amide bonds. The van der Waals surface area contributed by atoms with E-state index in [1.807, 2.05) is 13.2 Å². The van der Waals surface area contributed by atoms with Crippen LogP contribution in [0.4, 0.5) is 5.95 Å². The quantitative estimate of drug-likeness (QED) is 0.559. The molecule has 3 N–H and O–H groups in total. The molecular weight excluding hydrogens is 286 g/mol. The highest BCUT2D eigenvalue weighted by Gasteiger charge is 2.27. The first-order valence-corrected chi connectivity index (χ1v) is 8.56. The Morgan fingerprint density at radius 3 is 2.47 bits per heavy atom. The summed E-state index contributed by atoms with van der Waals surface area (Å²) in [5.74, 6) is 6.06. The average molecular weight is 305 g/mol. The van der Waals surface area contributed by atoms with Crippen molar-refractivity contribution in [1.29, 1.82) is 0 Å². The lowest BCUT2D eigenvalue weighted by Crippen LogP contribution is -2.38. The van der Waals surface area contributed by atoms with Gasteiger partial charge < -0.3 is 0 Å². The Bertz CT molecular complexity index is 491. The second-order valence-corrected chi connectivity index (χ2v) is 6.83. The van der Waals surface area contributed by atoms with Crippen molar-refractivity contribution in [3.63, 3.8) is 0 Å². The zero-order valence-electron chi connectivity index (χ0n) is 11.2. The van der Waals surface area contributed by atoms with Gasteiger partial charge in [0.25, 0.3) is 0 Å². The standard InChI is InChI=1S/C10H19N5O2S2/c1-4-8(7-18-3)15(2)19(16,17)9-5-12-10(14-11)13-6-9/h5-6,8H,4,7,11H2,1-3H3,(H,12,13,14). The zero-order chi connectivity index (χ0) is 14.5. The van der Waals surface area contributed by atoms with Crippen LogP contribution in [0.15, 0.2) is 17.3 Å². The summed E-state index contributed by atoms with van der Waals surface area (Å²) in [7, 11) is -1.99. The Morgan fingerprint density at radius 1 is 1.47 bits per heavy atom. The van der Waals surface area contributed by atoms with Crippen LogP contribution in [-0.4, -0.2) is 47.8 Å². The number of aromatic nitrogens is 2. The summed E-state index contributed by atoms with van der Waals surface area (Å²) in [5.41, 5.74) is 2.26. The zero-order valence-corrected chi connectivity index (χ0v) is 12.8. The number of thioether (sulfide) groups is 1. The van der Waals surface area contributed by atoms with Gasteiger partial charge in [-0.2, -0.15) is 16.1 Å². The van der Waals surface area contributed by atoms with Gasteiger partial charge >= 0.3 is 0 Å². The molecule has 1 aromatic rings. The molecule has 1 unspecified atom stereocenters. The molecule has 0 aromatic carbocycles. The first-order valence-electron chi connectivity index (χ1n) is 5.73. The third-order valence-electron chi connectivity index (χ3n) is 2.78. The molecule has 1 rings (SSSR count). The van der Waals surface area contributed by atoms with Gasteiger partial charge in [-0.25, -0.2) is 24.2 Å². The number of nitrogens with one attached hydrogen (secondary N) is 1. The predicted molar refractivity (Wildman–Crippen MR) is 77.3 cm³/mol. The fourth-order valence-electron chi connectivity index (χ4n) is 1.56. The lowest BCUT2D eigenvalue weighted by molar-refractivity contribution is 0.385. The number of hydrazine groups is 1. The maximum Gasteiger partial charge on any atom is 0.246 e. The molecule has 0 aliphatic carbocycles. The largest absolute Gasteiger partial charge is 0.292 e. The van der Waals surface area contributed by atoms with E-state index in [0.29, 0.717) is 0 Å². The highest BCUT2D eigenvalue weighted by atomic mass is 32.2. The summed E-state index contributed by atoms with van der Waals surface area (Å²) in [4.78, 5) is 7.70. The molecule has 1 atom stereocenters. The minimum absolute atomic E-state index is 0.0488. The fraction of sp³-hybridized carbons (Fsp3) is 0.600. The van der Waals surface area contributed by atoms with Crippen molar-refractivity contribution >= 4 is 27.7 Å². The van der Waals surface area contributed by atoms with E-state index >= 15 is 0 Å². The predicted octanol–water partition coefficient (Wildman–Crippen LogP) is 0.524. The van der Waals surface area contributed by atoms with Gasteiger partial charge in [0.1, 0.15) is 4.90 Å². The van der Waals surface area contributed by atoms with Crippen LogP contribution in [0.3, 0.4) is 0 Å². The summed E-state index contributed by atoms with van der Waals surface area (Å²) in [6, 6.07) is -0.0488. The number of sulfonamides is 1. The number of nitrogen functional groups attached to an aromatic ring is 1. The SMILES string of the molecule is CCC(CSC)N(C)S(=O)(=O)c1cnc(NN)nc1. The molecule has 0 spiro atoms. The maximum absolute atomic E-state index is 12.4. The van der Waals surface area contributed by atoms with Gasteiger partial charge in [-0.05, 0) is 12.7 Å². The average Bonchev–Trinajstić information content (AvgIpc) is 2.44. The van der Waals surface area contributed by atoms with Crippen LogP contribution in [0.1, 0.15) is 13.3 Å². The molecule has 0 aliphatic rings. The molecule has 0 saturated heterocycles.